The molecule has 0 spiro atoms. The Hall–Kier alpha value is -3.12. The Bertz CT molecular complexity index is 1410. The normalized spacial score (nSPS) is 18.3. The van der Waals surface area contributed by atoms with Crippen LogP contribution in [0.1, 0.15) is 49.1 Å². The first-order chi connectivity index (χ1) is 20.3. The van der Waals surface area contributed by atoms with E-state index in [2.05, 4.69) is 40.5 Å². The number of hydrogen-bond donors (Lipinski definition) is 2. The van der Waals surface area contributed by atoms with E-state index in [4.69, 9.17) is 10.8 Å². The summed E-state index contributed by atoms with van der Waals surface area (Å²) in [5, 5.41) is 7.96. The van der Waals surface area contributed by atoms with Gasteiger partial charge in [0.15, 0.2) is 5.82 Å². The van der Waals surface area contributed by atoms with Crippen LogP contribution in [-0.4, -0.2) is 87.9 Å². The van der Waals surface area contributed by atoms with E-state index in [0.29, 0.717) is 18.9 Å². The monoisotopic (exact) mass is 593 g/mol. The third-order valence-corrected chi connectivity index (χ3v) is 10.2. The Morgan fingerprint density at radius 3 is 2.62 bits per heavy atom. The molecule has 0 bridgehead atoms. The number of fused-ring (bicyclic) bond motifs is 1. The van der Waals surface area contributed by atoms with Crippen molar-refractivity contribution in [3.8, 4) is 0 Å². The highest BCUT2D eigenvalue weighted by atomic mass is 32.2. The van der Waals surface area contributed by atoms with E-state index in [0.717, 1.165) is 86.4 Å². The van der Waals surface area contributed by atoms with Gasteiger partial charge < -0.3 is 15.5 Å². The molecule has 2 saturated heterocycles. The molecule has 11 heteroatoms. The molecular weight excluding hydrogens is 550 g/mol. The SMILES string of the molecule is CN(CCC(=O)NC=O)c1nn(C)c2cc(C3CCN(CCc4cccc(S(=O)N5CCC(N)CC5)c4)CC3)ccc12. The van der Waals surface area contributed by atoms with Crippen molar-refractivity contribution in [2.24, 2.45) is 12.8 Å². The Balaban J connectivity index is 1.14. The van der Waals surface area contributed by atoms with Crippen molar-refractivity contribution >= 4 is 40.0 Å². The van der Waals surface area contributed by atoms with Crippen molar-refractivity contribution in [2.45, 2.75) is 55.4 Å². The van der Waals surface area contributed by atoms with E-state index >= 15 is 0 Å². The topological polar surface area (TPSA) is 117 Å². The number of amides is 2. The van der Waals surface area contributed by atoms with E-state index in [-0.39, 0.29) is 18.4 Å². The fourth-order valence-corrected chi connectivity index (χ4v) is 7.37. The highest BCUT2D eigenvalue weighted by molar-refractivity contribution is 7.82. The summed E-state index contributed by atoms with van der Waals surface area (Å²) in [6.45, 7) is 5.18. The van der Waals surface area contributed by atoms with Crippen molar-refractivity contribution in [1.82, 2.24) is 24.3 Å². The van der Waals surface area contributed by atoms with Crippen molar-refractivity contribution in [3.63, 3.8) is 0 Å². The average molecular weight is 594 g/mol. The first kappa shape index (κ1) is 30.3. The molecule has 2 aromatic carbocycles. The second-order valence-corrected chi connectivity index (χ2v) is 13.1. The number of likely N-dealkylation sites (tertiary alicyclic amines) is 1. The number of nitrogens with two attached hydrogens (primary N) is 1. The second kappa shape index (κ2) is 13.9. The summed E-state index contributed by atoms with van der Waals surface area (Å²) in [5.74, 6) is 1.05. The first-order valence-electron chi connectivity index (χ1n) is 15.0. The minimum absolute atomic E-state index is 0.225. The zero-order chi connectivity index (χ0) is 29.6. The van der Waals surface area contributed by atoms with Gasteiger partial charge in [-0.2, -0.15) is 5.10 Å². The zero-order valence-corrected chi connectivity index (χ0v) is 25.5. The van der Waals surface area contributed by atoms with Gasteiger partial charge in [-0.3, -0.25) is 19.6 Å². The third kappa shape index (κ3) is 7.26. The van der Waals surface area contributed by atoms with Gasteiger partial charge in [0, 0.05) is 58.1 Å². The molecule has 10 nitrogen and oxygen atoms in total. The van der Waals surface area contributed by atoms with Crippen molar-refractivity contribution in [3.05, 3.63) is 53.6 Å². The van der Waals surface area contributed by atoms with Crippen LogP contribution in [0.3, 0.4) is 0 Å². The number of benzene rings is 2. The number of nitrogens with one attached hydrogen (secondary N) is 1. The van der Waals surface area contributed by atoms with E-state index in [1.165, 1.54) is 11.1 Å². The number of carbonyl (C=O) groups is 2. The van der Waals surface area contributed by atoms with Crippen molar-refractivity contribution in [2.75, 3.05) is 51.2 Å². The zero-order valence-electron chi connectivity index (χ0n) is 24.7. The van der Waals surface area contributed by atoms with Gasteiger partial charge in [0.2, 0.25) is 12.3 Å². The number of hydrogen-bond acceptors (Lipinski definition) is 7. The molecule has 0 aliphatic carbocycles. The number of rotatable bonds is 11. The highest BCUT2D eigenvalue weighted by Crippen LogP contribution is 2.33. The fourth-order valence-electron chi connectivity index (χ4n) is 6.08. The van der Waals surface area contributed by atoms with Crippen LogP contribution >= 0.6 is 0 Å². The lowest BCUT2D eigenvalue weighted by atomic mass is 9.89. The van der Waals surface area contributed by atoms with Crippen LogP contribution in [-0.2, 0) is 34.0 Å². The molecule has 2 aliphatic heterocycles. The van der Waals surface area contributed by atoms with E-state index in [9.17, 15) is 13.8 Å². The molecule has 5 rings (SSSR count). The van der Waals surface area contributed by atoms with Gasteiger partial charge >= 0.3 is 0 Å². The van der Waals surface area contributed by atoms with Crippen molar-refractivity contribution < 1.29 is 13.8 Å². The predicted molar refractivity (Wildman–Crippen MR) is 167 cm³/mol. The Labute approximate surface area is 250 Å². The van der Waals surface area contributed by atoms with E-state index < -0.39 is 11.0 Å². The molecule has 0 radical (unpaired) electrons. The molecular formula is C31H43N7O3S. The highest BCUT2D eigenvalue weighted by Gasteiger charge is 2.24. The molecule has 3 heterocycles. The molecule has 1 unspecified atom stereocenters. The number of nitrogens with zero attached hydrogens (tertiary/aromatic N) is 5. The van der Waals surface area contributed by atoms with Gasteiger partial charge in [-0.25, -0.2) is 8.51 Å². The molecule has 2 amide bonds. The third-order valence-electron chi connectivity index (χ3n) is 8.72. The van der Waals surface area contributed by atoms with Crippen LogP contribution in [0.15, 0.2) is 47.4 Å². The van der Waals surface area contributed by atoms with E-state index in [1.807, 2.05) is 40.1 Å². The van der Waals surface area contributed by atoms with Crippen LogP contribution in [0, 0.1) is 0 Å². The van der Waals surface area contributed by atoms with Gasteiger partial charge in [-0.15, -0.1) is 0 Å². The number of carbonyl (C=O) groups excluding carboxylic acids is 2. The Kier molecular flexibility index (Phi) is 10.0. The molecule has 3 aromatic rings. The maximum Gasteiger partial charge on any atom is 0.228 e. The molecule has 226 valence electrons. The van der Waals surface area contributed by atoms with Crippen LogP contribution in [0.25, 0.3) is 10.9 Å². The molecule has 2 aliphatic rings. The van der Waals surface area contributed by atoms with Crippen LogP contribution in [0.5, 0.6) is 0 Å². The number of anilines is 1. The minimum Gasteiger partial charge on any atom is -0.357 e. The maximum atomic E-state index is 13.1. The summed E-state index contributed by atoms with van der Waals surface area (Å²) in [6.07, 6.45) is 5.63. The predicted octanol–water partition coefficient (Wildman–Crippen LogP) is 2.54. The summed E-state index contributed by atoms with van der Waals surface area (Å²) in [4.78, 5) is 27.6. The lowest BCUT2D eigenvalue weighted by Crippen LogP contribution is -2.40. The van der Waals surface area contributed by atoms with Crippen molar-refractivity contribution in [1.29, 1.82) is 0 Å². The molecule has 2 fully saturated rings. The summed E-state index contributed by atoms with van der Waals surface area (Å²) in [6, 6.07) is 15.1. The summed E-state index contributed by atoms with van der Waals surface area (Å²) < 4.78 is 17.1. The smallest absolute Gasteiger partial charge is 0.228 e. The summed E-state index contributed by atoms with van der Waals surface area (Å²) >= 11 is 0. The number of aryl methyl sites for hydroxylation is 1. The van der Waals surface area contributed by atoms with E-state index in [1.54, 1.807) is 0 Å². The average Bonchev–Trinajstić information content (AvgIpc) is 3.35. The van der Waals surface area contributed by atoms with Gasteiger partial charge in [0.05, 0.1) is 10.4 Å². The molecule has 1 aromatic heterocycles. The largest absolute Gasteiger partial charge is 0.357 e. The lowest BCUT2D eigenvalue weighted by Gasteiger charge is -2.32. The fraction of sp³-hybridized carbons (Fsp3) is 0.516. The van der Waals surface area contributed by atoms with Gasteiger partial charge in [0.1, 0.15) is 11.0 Å². The minimum atomic E-state index is -1.12. The Morgan fingerprint density at radius 1 is 1.12 bits per heavy atom. The maximum absolute atomic E-state index is 13.1. The molecule has 42 heavy (non-hydrogen) atoms. The summed E-state index contributed by atoms with van der Waals surface area (Å²) in [7, 11) is 2.75. The first-order valence-corrected chi connectivity index (χ1v) is 16.1. The standard InChI is InChI=1S/C31H43N7O3S/c1-35(14-13-30(40)33-22-39)31-28-7-6-25(21-29(28)36(2)34-31)24-9-16-37(17-10-24)15-8-23-4-3-5-27(20-23)42(41)38-18-11-26(32)12-19-38/h3-7,20-22,24,26H,8-19,32H2,1-2H3,(H,33,39,40). The van der Waals surface area contributed by atoms with Crippen LogP contribution in [0.4, 0.5) is 5.82 Å². The Morgan fingerprint density at radius 2 is 1.88 bits per heavy atom. The van der Waals surface area contributed by atoms with Crippen LogP contribution in [0.2, 0.25) is 0 Å². The quantitative estimate of drug-likeness (QED) is 0.328. The molecule has 3 N–H and O–H groups in total. The summed E-state index contributed by atoms with van der Waals surface area (Å²) in [5.41, 5.74) is 9.69. The van der Waals surface area contributed by atoms with Crippen LogP contribution < -0.4 is 16.0 Å². The second-order valence-electron chi connectivity index (χ2n) is 11.6. The number of imide groups is 1. The number of piperidine rings is 2. The molecule has 1 atom stereocenters. The van der Waals surface area contributed by atoms with Gasteiger partial charge in [-0.05, 0) is 86.5 Å². The van der Waals surface area contributed by atoms with Gasteiger partial charge in [0.25, 0.3) is 0 Å². The number of aromatic nitrogens is 2. The van der Waals surface area contributed by atoms with Gasteiger partial charge in [-0.1, -0.05) is 18.2 Å². The molecule has 0 saturated carbocycles. The lowest BCUT2D eigenvalue weighted by molar-refractivity contribution is -0.125.